The van der Waals surface area contributed by atoms with Crippen molar-refractivity contribution >= 4 is 22.4 Å². The number of hydrogen-bond acceptors (Lipinski definition) is 9. The number of ether oxygens (including phenoxy) is 2. The molecule has 4 aromatic rings. The third-order valence-corrected chi connectivity index (χ3v) is 6.80. The normalized spacial score (nSPS) is 16.3. The molecule has 38 heavy (non-hydrogen) atoms. The lowest BCUT2D eigenvalue weighted by Crippen LogP contribution is -2.38. The largest absolute Gasteiger partial charge is 0.497 e. The van der Waals surface area contributed by atoms with Crippen molar-refractivity contribution in [2.24, 2.45) is 13.0 Å². The van der Waals surface area contributed by atoms with Gasteiger partial charge in [-0.2, -0.15) is 10.4 Å². The third kappa shape index (κ3) is 5.54. The molecule has 3 heterocycles. The Morgan fingerprint density at radius 2 is 1.89 bits per heavy atom. The van der Waals surface area contributed by atoms with Crippen molar-refractivity contribution in [3.8, 4) is 28.8 Å². The lowest BCUT2D eigenvalue weighted by molar-refractivity contribution is 0.130. The molecule has 1 fully saturated rings. The summed E-state index contributed by atoms with van der Waals surface area (Å²) in [4.78, 5) is 13.6. The van der Waals surface area contributed by atoms with Crippen molar-refractivity contribution in [2.45, 2.75) is 12.5 Å². The fourth-order valence-electron chi connectivity index (χ4n) is 4.84. The molecule has 0 radical (unpaired) electrons. The molecule has 0 spiro atoms. The zero-order valence-corrected chi connectivity index (χ0v) is 21.8. The molecule has 1 N–H and O–H groups in total. The number of hydrogen-bond donors (Lipinski definition) is 1. The predicted octanol–water partition coefficient (Wildman–Crippen LogP) is 3.39. The Labute approximate surface area is 221 Å². The number of nitriles is 1. The fraction of sp³-hybridized carbons (Fsp3) is 0.357. The minimum absolute atomic E-state index is 0.0222. The number of fused-ring (bicyclic) bond motifs is 1. The van der Waals surface area contributed by atoms with Gasteiger partial charge in [-0.3, -0.25) is 14.6 Å². The lowest BCUT2D eigenvalue weighted by atomic mass is 10.1. The van der Waals surface area contributed by atoms with E-state index in [1.54, 1.807) is 31.3 Å². The maximum absolute atomic E-state index is 11.2. The highest BCUT2D eigenvalue weighted by Crippen LogP contribution is 2.34. The Bertz CT molecular complexity index is 1440. The molecule has 196 valence electrons. The molecule has 5 rings (SSSR count). The van der Waals surface area contributed by atoms with Crippen molar-refractivity contribution < 1.29 is 14.6 Å². The first-order chi connectivity index (χ1) is 18.4. The summed E-state index contributed by atoms with van der Waals surface area (Å²) in [6, 6.07) is 13.9. The molecule has 0 aliphatic carbocycles. The van der Waals surface area contributed by atoms with Gasteiger partial charge in [-0.15, -0.1) is 0 Å². The van der Waals surface area contributed by atoms with Gasteiger partial charge in [0.25, 0.3) is 0 Å². The molecular formula is C28H31N7O3. The second-order valence-corrected chi connectivity index (χ2v) is 9.54. The molecule has 2 atom stereocenters. The van der Waals surface area contributed by atoms with E-state index in [1.165, 1.54) is 0 Å². The summed E-state index contributed by atoms with van der Waals surface area (Å²) in [6.07, 6.45) is 5.59. The van der Waals surface area contributed by atoms with Crippen LogP contribution in [0.1, 0.15) is 6.42 Å². The monoisotopic (exact) mass is 513 g/mol. The summed E-state index contributed by atoms with van der Waals surface area (Å²) in [5, 5.41) is 24.7. The van der Waals surface area contributed by atoms with Crippen LogP contribution in [0.25, 0.3) is 22.3 Å². The van der Waals surface area contributed by atoms with Crippen molar-refractivity contribution in [1.29, 1.82) is 5.26 Å². The number of rotatable bonds is 9. The molecule has 0 bridgehead atoms. The van der Waals surface area contributed by atoms with E-state index in [2.05, 4.69) is 21.1 Å². The number of likely N-dealkylation sites (tertiary alicyclic amines) is 1. The highest BCUT2D eigenvalue weighted by atomic mass is 16.5. The predicted molar refractivity (Wildman–Crippen MR) is 144 cm³/mol. The molecule has 2 aromatic carbocycles. The minimum Gasteiger partial charge on any atom is -0.497 e. The summed E-state index contributed by atoms with van der Waals surface area (Å²) in [5.41, 5.74) is 4.78. The average Bonchev–Trinajstić information content (AvgIpc) is 3.59. The molecular weight excluding hydrogens is 482 g/mol. The van der Waals surface area contributed by atoms with Crippen molar-refractivity contribution in [3.05, 3.63) is 55.0 Å². The molecule has 0 unspecified atom stereocenters. The van der Waals surface area contributed by atoms with Crippen LogP contribution in [0.2, 0.25) is 0 Å². The van der Waals surface area contributed by atoms with Crippen LogP contribution in [0.4, 0.5) is 11.4 Å². The van der Waals surface area contributed by atoms with Gasteiger partial charge < -0.3 is 19.5 Å². The van der Waals surface area contributed by atoms with Crippen molar-refractivity contribution in [2.75, 3.05) is 45.3 Å². The number of aryl methyl sites for hydroxylation is 1. The zero-order chi connectivity index (χ0) is 26.6. The Morgan fingerprint density at radius 3 is 2.55 bits per heavy atom. The van der Waals surface area contributed by atoms with Crippen molar-refractivity contribution in [1.82, 2.24) is 24.6 Å². The van der Waals surface area contributed by atoms with Crippen LogP contribution >= 0.6 is 0 Å². The Balaban J connectivity index is 1.50. The first-order valence-electron chi connectivity index (χ1n) is 12.5. The minimum atomic E-state index is -0.659. The van der Waals surface area contributed by atoms with Crippen LogP contribution in [0.5, 0.6) is 11.5 Å². The van der Waals surface area contributed by atoms with Crippen LogP contribution in [-0.2, 0) is 7.05 Å². The van der Waals surface area contributed by atoms with Gasteiger partial charge in [0.15, 0.2) is 0 Å². The van der Waals surface area contributed by atoms with Crippen LogP contribution < -0.4 is 14.4 Å². The summed E-state index contributed by atoms with van der Waals surface area (Å²) in [6.45, 7) is 2.30. The molecule has 0 saturated carbocycles. The van der Waals surface area contributed by atoms with Gasteiger partial charge in [-0.05, 0) is 31.2 Å². The standard InChI is InChI=1S/C28H31N7O3/c1-33-16-20(13-31-33)28-14-30-26-5-4-21(10-27(26)32-28)35(22-8-24(37-2)11-25(9-22)38-3)18-23(36)17-34-7-6-19(12-29)15-34/h4-5,8-11,13-14,16,19,23,36H,6-7,15,17-18H2,1-3H3/t19-,23+/m1/s1. The maximum Gasteiger partial charge on any atom is 0.124 e. The van der Waals surface area contributed by atoms with E-state index in [-0.39, 0.29) is 5.92 Å². The van der Waals surface area contributed by atoms with E-state index in [0.29, 0.717) is 31.1 Å². The van der Waals surface area contributed by atoms with E-state index in [1.807, 2.05) is 54.5 Å². The van der Waals surface area contributed by atoms with Crippen LogP contribution in [0, 0.1) is 17.2 Å². The molecule has 1 aliphatic heterocycles. The Morgan fingerprint density at radius 1 is 1.11 bits per heavy atom. The average molecular weight is 514 g/mol. The Hall–Kier alpha value is -4.20. The quantitative estimate of drug-likeness (QED) is 0.360. The van der Waals surface area contributed by atoms with Gasteiger partial charge in [0.2, 0.25) is 0 Å². The first kappa shape index (κ1) is 25.4. The number of aromatic nitrogens is 4. The fourth-order valence-corrected chi connectivity index (χ4v) is 4.84. The topological polar surface area (TPSA) is 113 Å². The van der Waals surface area contributed by atoms with Gasteiger partial charge in [-0.25, -0.2) is 4.98 Å². The lowest BCUT2D eigenvalue weighted by Gasteiger charge is -2.30. The number of benzene rings is 2. The van der Waals surface area contributed by atoms with E-state index < -0.39 is 6.10 Å². The number of anilines is 2. The molecule has 10 heteroatoms. The number of aliphatic hydroxyl groups excluding tert-OH is 1. The summed E-state index contributed by atoms with van der Waals surface area (Å²) < 4.78 is 12.8. The maximum atomic E-state index is 11.2. The van der Waals surface area contributed by atoms with E-state index in [0.717, 1.165) is 46.6 Å². The summed E-state index contributed by atoms with van der Waals surface area (Å²) >= 11 is 0. The van der Waals surface area contributed by atoms with E-state index >= 15 is 0 Å². The van der Waals surface area contributed by atoms with Gasteiger partial charge in [0.05, 0.1) is 68.0 Å². The first-order valence-corrected chi connectivity index (χ1v) is 12.5. The highest BCUT2D eigenvalue weighted by Gasteiger charge is 2.25. The smallest absolute Gasteiger partial charge is 0.124 e. The highest BCUT2D eigenvalue weighted by molar-refractivity contribution is 5.82. The molecule has 10 nitrogen and oxygen atoms in total. The molecule has 2 aromatic heterocycles. The Kier molecular flexibility index (Phi) is 7.40. The SMILES string of the molecule is COc1cc(OC)cc(N(C[C@@H](O)CN2CC[C@H](C#N)C2)c2ccc3ncc(-c4cnn(C)c4)nc3c2)c1. The van der Waals surface area contributed by atoms with Gasteiger partial charge in [-0.1, -0.05) is 0 Å². The molecule has 0 amide bonds. The second-order valence-electron chi connectivity index (χ2n) is 9.54. The van der Waals surface area contributed by atoms with E-state index in [9.17, 15) is 10.4 Å². The van der Waals surface area contributed by atoms with Gasteiger partial charge >= 0.3 is 0 Å². The van der Waals surface area contributed by atoms with Gasteiger partial charge in [0, 0.05) is 61.5 Å². The van der Waals surface area contributed by atoms with Crippen LogP contribution in [-0.4, -0.2) is 76.3 Å². The second kappa shape index (κ2) is 11.0. The van der Waals surface area contributed by atoms with Crippen LogP contribution in [0.3, 0.4) is 0 Å². The number of β-amino-alcohol motifs (C(OH)–C–C–N with tert-alkyl or cyclic N) is 1. The van der Waals surface area contributed by atoms with Gasteiger partial charge in [0.1, 0.15) is 11.5 Å². The summed E-state index contributed by atoms with van der Waals surface area (Å²) in [5.74, 6) is 1.32. The molecule has 1 saturated heterocycles. The molecule has 1 aliphatic rings. The number of aliphatic hydroxyl groups is 1. The van der Waals surface area contributed by atoms with Crippen LogP contribution in [0.15, 0.2) is 55.0 Å². The third-order valence-electron chi connectivity index (χ3n) is 6.80. The zero-order valence-electron chi connectivity index (χ0n) is 21.8. The van der Waals surface area contributed by atoms with E-state index in [4.69, 9.17) is 14.5 Å². The van der Waals surface area contributed by atoms with Crippen molar-refractivity contribution in [3.63, 3.8) is 0 Å². The summed E-state index contributed by atoms with van der Waals surface area (Å²) in [7, 11) is 5.09. The number of methoxy groups -OCH3 is 2. The number of nitrogens with zero attached hydrogens (tertiary/aromatic N) is 7.